The van der Waals surface area contributed by atoms with Crippen molar-refractivity contribution in [2.24, 2.45) is 0 Å². The van der Waals surface area contributed by atoms with E-state index in [0.717, 1.165) is 22.9 Å². The van der Waals surface area contributed by atoms with Gasteiger partial charge in [-0.25, -0.2) is 26.2 Å². The highest BCUT2D eigenvalue weighted by molar-refractivity contribution is 7.89. The van der Waals surface area contributed by atoms with E-state index in [9.17, 15) is 26.8 Å². The number of amides is 2. The molecule has 0 unspecified atom stereocenters. The molecule has 0 radical (unpaired) electrons. The number of carbonyl (C=O) groups is 2. The summed E-state index contributed by atoms with van der Waals surface area (Å²) in [4.78, 5) is 25.2. The molecule has 2 amide bonds. The van der Waals surface area contributed by atoms with E-state index < -0.39 is 33.5 Å². The fraction of sp³-hybridized carbons (Fsp3) is 0.227. The summed E-state index contributed by atoms with van der Waals surface area (Å²) < 4.78 is 54.1. The number of fused-ring (bicyclic) bond motifs is 1. The molecule has 178 valence electrons. The van der Waals surface area contributed by atoms with Gasteiger partial charge in [-0.2, -0.15) is 5.10 Å². The standard InChI is InChI=1S/C22H21F2N5O4S/c1-28(2)34(32,33)15-6-3-5-13(11-15)21(30)25-26-22(31)20-16-7-4-8-19(16)29(27-20)14-9-10-17(23)18(24)12-14/h3,5-6,9-12H,4,7-8H2,1-2H3,(H,25,30)(H,26,31). The first-order valence-corrected chi connectivity index (χ1v) is 11.7. The van der Waals surface area contributed by atoms with Gasteiger partial charge in [-0.05, 0) is 49.6 Å². The zero-order valence-electron chi connectivity index (χ0n) is 18.3. The Bertz CT molecular complexity index is 1400. The van der Waals surface area contributed by atoms with E-state index in [4.69, 9.17) is 0 Å². The van der Waals surface area contributed by atoms with Gasteiger partial charge in [-0.1, -0.05) is 6.07 Å². The minimum Gasteiger partial charge on any atom is -0.267 e. The number of benzene rings is 2. The highest BCUT2D eigenvalue weighted by Gasteiger charge is 2.27. The van der Waals surface area contributed by atoms with Crippen molar-refractivity contribution in [3.8, 4) is 5.69 Å². The van der Waals surface area contributed by atoms with Crippen molar-refractivity contribution in [1.82, 2.24) is 24.9 Å². The monoisotopic (exact) mass is 489 g/mol. The van der Waals surface area contributed by atoms with Crippen LogP contribution in [-0.2, 0) is 22.9 Å². The molecule has 0 saturated heterocycles. The van der Waals surface area contributed by atoms with Crippen LogP contribution in [0, 0.1) is 11.6 Å². The molecule has 12 heteroatoms. The van der Waals surface area contributed by atoms with Crippen LogP contribution in [0.15, 0.2) is 47.4 Å². The fourth-order valence-electron chi connectivity index (χ4n) is 3.70. The van der Waals surface area contributed by atoms with E-state index in [0.29, 0.717) is 24.1 Å². The lowest BCUT2D eigenvalue weighted by Crippen LogP contribution is -2.42. The summed E-state index contributed by atoms with van der Waals surface area (Å²) in [5.74, 6) is -3.43. The zero-order valence-corrected chi connectivity index (χ0v) is 19.1. The minimum absolute atomic E-state index is 0.0285. The molecule has 0 fully saturated rings. The molecule has 34 heavy (non-hydrogen) atoms. The highest BCUT2D eigenvalue weighted by atomic mass is 32.2. The Balaban J connectivity index is 1.53. The molecule has 1 aliphatic carbocycles. The van der Waals surface area contributed by atoms with E-state index >= 15 is 0 Å². The van der Waals surface area contributed by atoms with E-state index in [2.05, 4.69) is 16.0 Å². The Hall–Kier alpha value is -3.64. The largest absolute Gasteiger partial charge is 0.290 e. The van der Waals surface area contributed by atoms with Crippen molar-refractivity contribution in [2.45, 2.75) is 24.2 Å². The molecule has 0 saturated carbocycles. The minimum atomic E-state index is -3.74. The molecule has 9 nitrogen and oxygen atoms in total. The number of nitrogens with zero attached hydrogens (tertiary/aromatic N) is 3. The third-order valence-electron chi connectivity index (χ3n) is 5.46. The van der Waals surface area contributed by atoms with E-state index in [1.807, 2.05) is 0 Å². The fourth-order valence-corrected chi connectivity index (χ4v) is 4.65. The normalized spacial score (nSPS) is 13.1. The van der Waals surface area contributed by atoms with Crippen LogP contribution in [0.2, 0.25) is 0 Å². The third-order valence-corrected chi connectivity index (χ3v) is 7.27. The van der Waals surface area contributed by atoms with Gasteiger partial charge in [-0.15, -0.1) is 0 Å². The van der Waals surface area contributed by atoms with Crippen molar-refractivity contribution in [3.63, 3.8) is 0 Å². The predicted octanol–water partition coefficient (Wildman–Crippen LogP) is 1.96. The number of rotatable bonds is 5. The van der Waals surface area contributed by atoms with Gasteiger partial charge in [0.25, 0.3) is 11.8 Å². The lowest BCUT2D eigenvalue weighted by molar-refractivity contribution is 0.0843. The third kappa shape index (κ3) is 4.29. The quantitative estimate of drug-likeness (QED) is 0.532. The lowest BCUT2D eigenvalue weighted by Gasteiger charge is -2.12. The number of hydrogen-bond acceptors (Lipinski definition) is 5. The molecule has 4 rings (SSSR count). The molecule has 1 aliphatic rings. The van der Waals surface area contributed by atoms with Gasteiger partial charge in [0, 0.05) is 37.0 Å². The van der Waals surface area contributed by atoms with Crippen LogP contribution in [0.5, 0.6) is 0 Å². The molecule has 1 heterocycles. The second kappa shape index (κ2) is 8.95. The molecular weight excluding hydrogens is 468 g/mol. The molecule has 0 aliphatic heterocycles. The Morgan fingerprint density at radius 2 is 1.74 bits per heavy atom. The highest BCUT2D eigenvalue weighted by Crippen LogP contribution is 2.28. The first-order valence-electron chi connectivity index (χ1n) is 10.3. The molecule has 0 bridgehead atoms. The van der Waals surface area contributed by atoms with Crippen molar-refractivity contribution in [3.05, 3.63) is 76.6 Å². The predicted molar refractivity (Wildman–Crippen MR) is 118 cm³/mol. The zero-order chi connectivity index (χ0) is 24.6. The smallest absolute Gasteiger partial charge is 0.267 e. The van der Waals surface area contributed by atoms with Crippen LogP contribution in [0.3, 0.4) is 0 Å². The van der Waals surface area contributed by atoms with E-state index in [-0.39, 0.29) is 21.8 Å². The van der Waals surface area contributed by atoms with Crippen LogP contribution >= 0.6 is 0 Å². The second-order valence-electron chi connectivity index (χ2n) is 7.86. The summed E-state index contributed by atoms with van der Waals surface area (Å²) in [6.45, 7) is 0. The number of hydrogen-bond donors (Lipinski definition) is 2. The second-order valence-corrected chi connectivity index (χ2v) is 10.0. The van der Waals surface area contributed by atoms with E-state index in [1.165, 1.54) is 49.1 Å². The molecule has 3 aromatic rings. The van der Waals surface area contributed by atoms with Crippen molar-refractivity contribution < 1.29 is 26.8 Å². The van der Waals surface area contributed by atoms with Gasteiger partial charge < -0.3 is 0 Å². The van der Waals surface area contributed by atoms with Gasteiger partial charge in [-0.3, -0.25) is 20.4 Å². The molecule has 1 aromatic heterocycles. The number of nitrogens with one attached hydrogen (secondary N) is 2. The summed E-state index contributed by atoms with van der Waals surface area (Å²) >= 11 is 0. The van der Waals surface area contributed by atoms with Crippen LogP contribution in [-0.4, -0.2) is 48.4 Å². The molecule has 0 spiro atoms. The van der Waals surface area contributed by atoms with Crippen molar-refractivity contribution >= 4 is 21.8 Å². The Kier molecular flexibility index (Phi) is 6.19. The topological polar surface area (TPSA) is 113 Å². The SMILES string of the molecule is CN(C)S(=O)(=O)c1cccc(C(=O)NNC(=O)c2nn(-c3ccc(F)c(F)c3)c3c2CCC3)c1. The van der Waals surface area contributed by atoms with Gasteiger partial charge in [0.15, 0.2) is 17.3 Å². The number of aromatic nitrogens is 2. The molecule has 2 N–H and O–H groups in total. The van der Waals surface area contributed by atoms with Gasteiger partial charge in [0.05, 0.1) is 10.6 Å². The number of hydrazine groups is 1. The number of carbonyl (C=O) groups excluding carboxylic acids is 2. The summed E-state index contributed by atoms with van der Waals surface area (Å²) in [6, 6.07) is 8.74. The molecular formula is C22H21F2N5O4S. The van der Waals surface area contributed by atoms with Crippen LogP contribution in [0.4, 0.5) is 8.78 Å². The summed E-state index contributed by atoms with van der Waals surface area (Å²) in [5.41, 5.74) is 6.28. The Labute approximate surface area is 194 Å². The summed E-state index contributed by atoms with van der Waals surface area (Å²) in [7, 11) is -0.990. The van der Waals surface area contributed by atoms with Crippen molar-refractivity contribution in [2.75, 3.05) is 14.1 Å². The first-order chi connectivity index (χ1) is 16.1. The Morgan fingerprint density at radius 3 is 2.44 bits per heavy atom. The number of sulfonamides is 1. The lowest BCUT2D eigenvalue weighted by atomic mass is 10.2. The van der Waals surface area contributed by atoms with Gasteiger partial charge >= 0.3 is 0 Å². The van der Waals surface area contributed by atoms with Crippen LogP contribution in [0.25, 0.3) is 5.69 Å². The molecule has 2 aromatic carbocycles. The average molecular weight is 490 g/mol. The molecule has 0 atom stereocenters. The summed E-state index contributed by atoms with van der Waals surface area (Å²) in [6.07, 6.45) is 1.94. The van der Waals surface area contributed by atoms with Gasteiger partial charge in [0.1, 0.15) is 0 Å². The average Bonchev–Trinajstić information content (AvgIpc) is 3.42. The maximum atomic E-state index is 13.7. The first kappa shape index (κ1) is 23.5. The van der Waals surface area contributed by atoms with Crippen molar-refractivity contribution in [1.29, 1.82) is 0 Å². The maximum Gasteiger partial charge on any atom is 0.290 e. The number of halogens is 2. The summed E-state index contributed by atoms with van der Waals surface area (Å²) in [5, 5.41) is 4.27. The van der Waals surface area contributed by atoms with Gasteiger partial charge in [0.2, 0.25) is 10.0 Å². The van der Waals surface area contributed by atoms with Crippen LogP contribution < -0.4 is 10.9 Å². The maximum absolute atomic E-state index is 13.7. The van der Waals surface area contributed by atoms with Crippen LogP contribution in [0.1, 0.15) is 38.5 Å². The Morgan fingerprint density at radius 1 is 1.00 bits per heavy atom. The van der Waals surface area contributed by atoms with E-state index in [1.54, 1.807) is 0 Å².